The first kappa shape index (κ1) is 14.8. The zero-order valence-corrected chi connectivity index (χ0v) is 11.3. The maximum atomic E-state index is 12.9. The third kappa shape index (κ3) is 3.50. The molecule has 0 aromatic heterocycles. The summed E-state index contributed by atoms with van der Waals surface area (Å²) in [7, 11) is -3.74. The molecule has 9 heteroatoms. The van der Waals surface area contributed by atoms with Crippen LogP contribution in [-0.2, 0) is 10.0 Å². The molecule has 0 aliphatic carbocycles. The Morgan fingerprint density at radius 2 is 2.05 bits per heavy atom. The molecule has 0 amide bonds. The number of rotatable bonds is 5. The Balaban J connectivity index is 2.00. The third-order valence-corrected chi connectivity index (χ3v) is 4.49. The van der Waals surface area contributed by atoms with E-state index in [2.05, 4.69) is 10.0 Å². The van der Waals surface area contributed by atoms with Crippen LogP contribution in [0.15, 0.2) is 29.2 Å². The summed E-state index contributed by atoms with van der Waals surface area (Å²) < 4.78 is 39.2. The maximum Gasteiger partial charge on any atom is 0.269 e. The van der Waals surface area contributed by atoms with Crippen LogP contribution >= 0.6 is 0 Å². The minimum absolute atomic E-state index is 0.0575. The van der Waals surface area contributed by atoms with E-state index in [1.54, 1.807) is 0 Å². The number of nitro groups is 1. The van der Waals surface area contributed by atoms with Gasteiger partial charge < -0.3 is 5.32 Å². The Morgan fingerprint density at radius 1 is 1.40 bits per heavy atom. The van der Waals surface area contributed by atoms with Crippen molar-refractivity contribution < 1.29 is 17.7 Å². The molecule has 2 atom stereocenters. The van der Waals surface area contributed by atoms with Crippen molar-refractivity contribution in [2.75, 3.05) is 13.1 Å². The highest BCUT2D eigenvalue weighted by molar-refractivity contribution is 7.89. The molecule has 1 fully saturated rings. The number of nitrogens with zero attached hydrogens (tertiary/aromatic N) is 1. The normalized spacial score (nSPS) is 22.9. The maximum absolute atomic E-state index is 12.9. The molecule has 1 aliphatic heterocycles. The Hall–Kier alpha value is -1.58. The van der Waals surface area contributed by atoms with Gasteiger partial charge in [0.1, 0.15) is 6.17 Å². The molecule has 0 spiro atoms. The summed E-state index contributed by atoms with van der Waals surface area (Å²) in [5.41, 5.74) is -0.179. The summed E-state index contributed by atoms with van der Waals surface area (Å²) in [5, 5.41) is 13.4. The summed E-state index contributed by atoms with van der Waals surface area (Å²) in [6.45, 7) is 0.309. The van der Waals surface area contributed by atoms with Crippen LogP contribution in [0.2, 0.25) is 0 Å². The molecule has 20 heavy (non-hydrogen) atoms. The van der Waals surface area contributed by atoms with Crippen LogP contribution in [0.3, 0.4) is 0 Å². The molecule has 1 saturated heterocycles. The Morgan fingerprint density at radius 3 is 2.55 bits per heavy atom. The number of nitro benzene ring substituents is 1. The van der Waals surface area contributed by atoms with Crippen LogP contribution < -0.4 is 10.0 Å². The number of non-ortho nitro benzene ring substituents is 1. The Bertz CT molecular complexity index is 590. The largest absolute Gasteiger partial charge is 0.310 e. The molecule has 0 unspecified atom stereocenters. The fraction of sp³-hybridized carbons (Fsp3) is 0.455. The van der Waals surface area contributed by atoms with Crippen LogP contribution in [0.1, 0.15) is 6.42 Å². The van der Waals surface area contributed by atoms with E-state index >= 15 is 0 Å². The van der Waals surface area contributed by atoms with E-state index < -0.39 is 21.1 Å². The predicted molar refractivity (Wildman–Crippen MR) is 69.6 cm³/mol. The number of benzene rings is 1. The van der Waals surface area contributed by atoms with Crippen molar-refractivity contribution in [3.05, 3.63) is 34.4 Å². The highest BCUT2D eigenvalue weighted by atomic mass is 32.2. The lowest BCUT2D eigenvalue weighted by Gasteiger charge is -2.11. The van der Waals surface area contributed by atoms with Crippen molar-refractivity contribution in [2.45, 2.75) is 23.5 Å². The van der Waals surface area contributed by atoms with Gasteiger partial charge in [0.05, 0.1) is 9.82 Å². The number of hydrogen-bond acceptors (Lipinski definition) is 5. The fourth-order valence-corrected chi connectivity index (χ4v) is 3.05. The SMILES string of the molecule is O=[N+]([O-])c1ccc(S(=O)(=O)NC[C@@H]2C[C@H](F)CN2)cc1. The first-order valence-corrected chi connectivity index (χ1v) is 7.48. The van der Waals surface area contributed by atoms with Gasteiger partial charge >= 0.3 is 0 Å². The highest BCUT2D eigenvalue weighted by Gasteiger charge is 2.25. The van der Waals surface area contributed by atoms with E-state index in [-0.39, 0.29) is 36.1 Å². The summed E-state index contributed by atoms with van der Waals surface area (Å²) >= 11 is 0. The molecule has 0 radical (unpaired) electrons. The van der Waals surface area contributed by atoms with E-state index in [0.29, 0.717) is 0 Å². The molecule has 7 nitrogen and oxygen atoms in total. The monoisotopic (exact) mass is 303 g/mol. The number of nitrogens with one attached hydrogen (secondary N) is 2. The standard InChI is InChI=1S/C11H14FN3O4S/c12-8-5-9(13-6-8)7-14-20(18,19)11-3-1-10(2-4-11)15(16)17/h1-4,8-9,13-14H,5-7H2/t8-,9-/m0/s1. The Labute approximate surface area is 115 Å². The molecule has 1 aliphatic rings. The molecule has 1 heterocycles. The van der Waals surface area contributed by atoms with Gasteiger partial charge in [0.25, 0.3) is 5.69 Å². The average Bonchev–Trinajstić information content (AvgIpc) is 2.82. The first-order valence-electron chi connectivity index (χ1n) is 6.00. The topological polar surface area (TPSA) is 101 Å². The second kappa shape index (κ2) is 5.81. The summed E-state index contributed by atoms with van der Waals surface area (Å²) in [6, 6.07) is 4.35. The number of hydrogen-bond donors (Lipinski definition) is 2. The van der Waals surface area contributed by atoms with E-state index in [1.807, 2.05) is 0 Å². The lowest BCUT2D eigenvalue weighted by atomic mass is 10.2. The van der Waals surface area contributed by atoms with Gasteiger partial charge in [0.2, 0.25) is 10.0 Å². The van der Waals surface area contributed by atoms with Gasteiger partial charge in [0.15, 0.2) is 0 Å². The van der Waals surface area contributed by atoms with Gasteiger partial charge in [-0.3, -0.25) is 10.1 Å². The van der Waals surface area contributed by atoms with Crippen LogP contribution in [-0.4, -0.2) is 38.6 Å². The Kier molecular flexibility index (Phi) is 4.31. The molecule has 2 rings (SSSR count). The second-order valence-electron chi connectivity index (χ2n) is 4.54. The lowest BCUT2D eigenvalue weighted by molar-refractivity contribution is -0.384. The molecule has 0 saturated carbocycles. The molecule has 1 aromatic rings. The van der Waals surface area contributed by atoms with E-state index in [9.17, 15) is 22.9 Å². The van der Waals surface area contributed by atoms with Crippen molar-refractivity contribution in [2.24, 2.45) is 0 Å². The van der Waals surface area contributed by atoms with Gasteiger partial charge in [-0.15, -0.1) is 0 Å². The van der Waals surface area contributed by atoms with Gasteiger partial charge in [-0.2, -0.15) is 0 Å². The summed E-state index contributed by atoms with van der Waals surface area (Å²) in [5.74, 6) is 0. The van der Waals surface area contributed by atoms with Crippen LogP contribution in [0.5, 0.6) is 0 Å². The summed E-state index contributed by atoms with van der Waals surface area (Å²) in [6.07, 6.45) is -0.688. The van der Waals surface area contributed by atoms with Crippen LogP contribution in [0.4, 0.5) is 10.1 Å². The zero-order chi connectivity index (χ0) is 14.8. The first-order chi connectivity index (χ1) is 9.38. The number of halogens is 1. The average molecular weight is 303 g/mol. The van der Waals surface area contributed by atoms with Crippen molar-refractivity contribution in [1.82, 2.24) is 10.0 Å². The number of sulfonamides is 1. The smallest absolute Gasteiger partial charge is 0.269 e. The van der Waals surface area contributed by atoms with Crippen molar-refractivity contribution in [3.8, 4) is 0 Å². The fourth-order valence-electron chi connectivity index (χ4n) is 1.97. The predicted octanol–water partition coefficient (Wildman–Crippen LogP) is 0.573. The molecule has 0 bridgehead atoms. The highest BCUT2D eigenvalue weighted by Crippen LogP contribution is 2.16. The van der Waals surface area contributed by atoms with E-state index in [4.69, 9.17) is 0 Å². The van der Waals surface area contributed by atoms with Gasteiger partial charge in [-0.25, -0.2) is 17.5 Å². The molecule has 2 N–H and O–H groups in total. The van der Waals surface area contributed by atoms with Crippen molar-refractivity contribution in [3.63, 3.8) is 0 Å². The molecular weight excluding hydrogens is 289 g/mol. The quantitative estimate of drug-likeness (QED) is 0.612. The van der Waals surface area contributed by atoms with E-state index in [1.165, 1.54) is 12.1 Å². The second-order valence-corrected chi connectivity index (χ2v) is 6.31. The summed E-state index contributed by atoms with van der Waals surface area (Å²) in [4.78, 5) is 9.83. The molecule has 110 valence electrons. The van der Waals surface area contributed by atoms with Crippen molar-refractivity contribution in [1.29, 1.82) is 0 Å². The number of alkyl halides is 1. The molecular formula is C11H14FN3O4S. The zero-order valence-electron chi connectivity index (χ0n) is 10.5. The van der Waals surface area contributed by atoms with E-state index in [0.717, 1.165) is 12.1 Å². The third-order valence-electron chi connectivity index (χ3n) is 3.05. The van der Waals surface area contributed by atoms with Crippen molar-refractivity contribution >= 4 is 15.7 Å². The molecule has 1 aromatic carbocycles. The minimum Gasteiger partial charge on any atom is -0.310 e. The van der Waals surface area contributed by atoms with Crippen LogP contribution in [0, 0.1) is 10.1 Å². The van der Waals surface area contributed by atoms with Gasteiger partial charge in [-0.1, -0.05) is 0 Å². The van der Waals surface area contributed by atoms with Crippen LogP contribution in [0.25, 0.3) is 0 Å². The van der Waals surface area contributed by atoms with Gasteiger partial charge in [-0.05, 0) is 18.6 Å². The van der Waals surface area contributed by atoms with Gasteiger partial charge in [0, 0.05) is 31.3 Å². The lowest BCUT2D eigenvalue weighted by Crippen LogP contribution is -2.37. The minimum atomic E-state index is -3.74.